The average Bonchev–Trinajstić information content (AvgIpc) is 3.02. The largest absolute Gasteiger partial charge is 0.450 e. The van der Waals surface area contributed by atoms with E-state index in [4.69, 9.17) is 4.42 Å². The smallest absolute Gasteiger partial charge is 0.296 e. The summed E-state index contributed by atoms with van der Waals surface area (Å²) < 4.78 is 20.6. The summed E-state index contributed by atoms with van der Waals surface area (Å²) in [7, 11) is 0. The summed E-state index contributed by atoms with van der Waals surface area (Å²) in [5.74, 6) is -0.795. The predicted molar refractivity (Wildman–Crippen MR) is 107 cm³/mol. The van der Waals surface area contributed by atoms with Gasteiger partial charge in [-0.3, -0.25) is 14.5 Å². The van der Waals surface area contributed by atoms with Crippen LogP contribution >= 0.6 is 0 Å². The first-order chi connectivity index (χ1) is 14.1. The van der Waals surface area contributed by atoms with E-state index in [2.05, 4.69) is 4.98 Å². The molecule has 29 heavy (non-hydrogen) atoms. The molecule has 2 aromatic heterocycles. The van der Waals surface area contributed by atoms with E-state index in [-0.39, 0.29) is 22.3 Å². The van der Waals surface area contributed by atoms with E-state index in [1.807, 2.05) is 13.0 Å². The van der Waals surface area contributed by atoms with Gasteiger partial charge in [0.25, 0.3) is 5.91 Å². The molecule has 5 rings (SSSR count). The summed E-state index contributed by atoms with van der Waals surface area (Å²) in [4.78, 5) is 32.3. The summed E-state index contributed by atoms with van der Waals surface area (Å²) in [6.07, 6.45) is 1.54. The number of rotatable bonds is 2. The summed E-state index contributed by atoms with van der Waals surface area (Å²) in [5, 5.41) is 0.362. The Bertz CT molecular complexity index is 1330. The van der Waals surface area contributed by atoms with Crippen molar-refractivity contribution in [3.05, 3.63) is 105 Å². The summed E-state index contributed by atoms with van der Waals surface area (Å²) >= 11 is 0. The third-order valence-electron chi connectivity index (χ3n) is 5.12. The Balaban J connectivity index is 1.86. The number of amides is 1. The average molecular weight is 386 g/mol. The topological polar surface area (TPSA) is 63.4 Å². The van der Waals surface area contributed by atoms with E-state index >= 15 is 0 Å². The molecule has 0 spiro atoms. The van der Waals surface area contributed by atoms with E-state index in [1.165, 1.54) is 11.0 Å². The molecule has 0 aliphatic carbocycles. The monoisotopic (exact) mass is 386 g/mol. The van der Waals surface area contributed by atoms with Crippen LogP contribution in [-0.4, -0.2) is 10.9 Å². The molecule has 0 fully saturated rings. The number of hydrogen-bond acceptors (Lipinski definition) is 4. The molecule has 1 aliphatic heterocycles. The molecule has 0 saturated carbocycles. The van der Waals surface area contributed by atoms with Crippen LogP contribution in [0.15, 0.2) is 76.1 Å². The number of fused-ring (bicyclic) bond motifs is 2. The van der Waals surface area contributed by atoms with Crippen molar-refractivity contribution in [3.63, 3.8) is 0 Å². The lowest BCUT2D eigenvalue weighted by Gasteiger charge is -2.24. The molecule has 5 nitrogen and oxygen atoms in total. The molecule has 0 saturated heterocycles. The van der Waals surface area contributed by atoms with Crippen LogP contribution in [0.2, 0.25) is 0 Å². The molecule has 0 unspecified atom stereocenters. The minimum absolute atomic E-state index is 0.0785. The molecule has 0 bridgehead atoms. The maximum atomic E-state index is 14.8. The number of pyridine rings is 1. The molecule has 1 atom stereocenters. The van der Waals surface area contributed by atoms with E-state index in [0.29, 0.717) is 16.8 Å². The highest BCUT2D eigenvalue weighted by Gasteiger charge is 2.45. The second-order valence-electron chi connectivity index (χ2n) is 6.96. The molecule has 142 valence electrons. The lowest BCUT2D eigenvalue weighted by Crippen LogP contribution is -2.30. The van der Waals surface area contributed by atoms with Crippen molar-refractivity contribution in [2.75, 3.05) is 4.90 Å². The molecule has 3 heterocycles. The van der Waals surface area contributed by atoms with Gasteiger partial charge in [-0.2, -0.15) is 0 Å². The number of halogens is 1. The molecule has 4 aromatic rings. The van der Waals surface area contributed by atoms with E-state index in [0.717, 1.165) is 5.56 Å². The zero-order valence-corrected chi connectivity index (χ0v) is 15.4. The summed E-state index contributed by atoms with van der Waals surface area (Å²) in [6, 6.07) is 15.4. The number of nitrogens with zero attached hydrogens (tertiary/aromatic N) is 2. The van der Waals surface area contributed by atoms with Crippen molar-refractivity contribution in [1.29, 1.82) is 0 Å². The van der Waals surface area contributed by atoms with Gasteiger partial charge >= 0.3 is 0 Å². The van der Waals surface area contributed by atoms with Gasteiger partial charge in [-0.1, -0.05) is 35.9 Å². The number of carbonyl (C=O) groups excluding carboxylic acids is 1. The number of hydrogen-bond donors (Lipinski definition) is 0. The first-order valence-corrected chi connectivity index (χ1v) is 9.12. The normalized spacial score (nSPS) is 15.7. The van der Waals surface area contributed by atoms with Gasteiger partial charge < -0.3 is 4.42 Å². The second-order valence-corrected chi connectivity index (χ2v) is 6.96. The van der Waals surface area contributed by atoms with Gasteiger partial charge in [-0.25, -0.2) is 9.37 Å². The van der Waals surface area contributed by atoms with Gasteiger partial charge in [0.05, 0.1) is 17.0 Å². The van der Waals surface area contributed by atoms with Gasteiger partial charge in [0.15, 0.2) is 5.43 Å². The first kappa shape index (κ1) is 17.3. The minimum atomic E-state index is -0.963. The molecule has 0 radical (unpaired) electrons. The van der Waals surface area contributed by atoms with Crippen molar-refractivity contribution in [3.8, 4) is 0 Å². The van der Waals surface area contributed by atoms with Crippen LogP contribution < -0.4 is 10.3 Å². The fourth-order valence-electron chi connectivity index (χ4n) is 3.81. The van der Waals surface area contributed by atoms with Crippen LogP contribution in [0.1, 0.15) is 33.3 Å². The van der Waals surface area contributed by atoms with Crippen molar-refractivity contribution >= 4 is 22.7 Å². The number of anilines is 1. The maximum Gasteiger partial charge on any atom is 0.296 e. The zero-order chi connectivity index (χ0) is 20.1. The van der Waals surface area contributed by atoms with E-state index in [9.17, 15) is 14.0 Å². The van der Waals surface area contributed by atoms with E-state index in [1.54, 1.807) is 54.7 Å². The van der Waals surface area contributed by atoms with Crippen molar-refractivity contribution in [2.45, 2.75) is 13.0 Å². The fraction of sp³-hybridized carbons (Fsp3) is 0.0870. The maximum absolute atomic E-state index is 14.8. The summed E-state index contributed by atoms with van der Waals surface area (Å²) in [5.41, 5.74) is 1.21. The van der Waals surface area contributed by atoms with Crippen molar-refractivity contribution in [2.24, 2.45) is 0 Å². The number of aryl methyl sites for hydroxylation is 1. The highest BCUT2D eigenvalue weighted by molar-refractivity contribution is 6.10. The van der Waals surface area contributed by atoms with Crippen LogP contribution in [0.25, 0.3) is 11.0 Å². The van der Waals surface area contributed by atoms with Gasteiger partial charge in [0.2, 0.25) is 5.76 Å². The predicted octanol–water partition coefficient (Wildman–Crippen LogP) is 4.39. The molecule has 0 N–H and O–H groups in total. The van der Waals surface area contributed by atoms with Crippen LogP contribution in [-0.2, 0) is 0 Å². The van der Waals surface area contributed by atoms with Crippen LogP contribution in [0.3, 0.4) is 0 Å². The van der Waals surface area contributed by atoms with Gasteiger partial charge in [-0.05, 0) is 37.3 Å². The molecular formula is C23H15FN2O3. The van der Waals surface area contributed by atoms with Crippen molar-refractivity contribution in [1.82, 2.24) is 4.98 Å². The first-order valence-electron chi connectivity index (χ1n) is 9.12. The van der Waals surface area contributed by atoms with Crippen LogP contribution in [0, 0.1) is 12.7 Å². The third-order valence-corrected chi connectivity index (χ3v) is 5.12. The van der Waals surface area contributed by atoms with Crippen LogP contribution in [0.4, 0.5) is 10.2 Å². The molecule has 2 aromatic carbocycles. The Kier molecular flexibility index (Phi) is 3.81. The van der Waals surface area contributed by atoms with Gasteiger partial charge in [-0.15, -0.1) is 0 Å². The number of carbonyl (C=O) groups is 1. The SMILES string of the molecule is Cc1ccc2oc3c(c(=O)c2c1)[C@@H](c1ccccc1F)N(c1ccccn1)C3=O. The molecule has 1 aliphatic rings. The quantitative estimate of drug-likeness (QED) is 0.513. The Labute approximate surface area is 165 Å². The fourth-order valence-corrected chi connectivity index (χ4v) is 3.81. The molecule has 6 heteroatoms. The lowest BCUT2D eigenvalue weighted by molar-refractivity contribution is 0.0970. The zero-order valence-electron chi connectivity index (χ0n) is 15.4. The Morgan fingerprint density at radius 2 is 1.83 bits per heavy atom. The highest BCUT2D eigenvalue weighted by Crippen LogP contribution is 2.41. The molecule has 1 amide bonds. The van der Waals surface area contributed by atoms with E-state index < -0.39 is 17.8 Å². The third kappa shape index (κ3) is 2.56. The van der Waals surface area contributed by atoms with Gasteiger partial charge in [0, 0.05) is 11.8 Å². The standard InChI is InChI=1S/C23H15FN2O3/c1-13-9-10-17-15(12-13)21(27)19-20(14-6-2-3-7-16(14)24)26(23(28)22(19)29-17)18-8-4-5-11-25-18/h2-12,20H,1H3/t20-/m1/s1. The molecular weight excluding hydrogens is 371 g/mol. The number of benzene rings is 2. The Hall–Kier alpha value is -3.80. The Morgan fingerprint density at radius 3 is 2.59 bits per heavy atom. The van der Waals surface area contributed by atoms with Crippen LogP contribution in [0.5, 0.6) is 0 Å². The van der Waals surface area contributed by atoms with Crippen molar-refractivity contribution < 1.29 is 13.6 Å². The number of aromatic nitrogens is 1. The second kappa shape index (κ2) is 6.38. The Morgan fingerprint density at radius 1 is 1.03 bits per heavy atom. The highest BCUT2D eigenvalue weighted by atomic mass is 19.1. The lowest BCUT2D eigenvalue weighted by atomic mass is 9.97. The minimum Gasteiger partial charge on any atom is -0.450 e. The van der Waals surface area contributed by atoms with Gasteiger partial charge in [0.1, 0.15) is 17.2 Å². The summed E-state index contributed by atoms with van der Waals surface area (Å²) in [6.45, 7) is 1.87.